The van der Waals surface area contributed by atoms with Crippen LogP contribution in [-0.2, 0) is 47.7 Å². The van der Waals surface area contributed by atoms with Crippen LogP contribution < -0.4 is 10.6 Å². The molecule has 0 aromatic rings. The van der Waals surface area contributed by atoms with E-state index in [0.717, 1.165) is 89.9 Å². The summed E-state index contributed by atoms with van der Waals surface area (Å²) in [4.78, 5) is 58.9. The average molecular weight is 1050 g/mol. The Morgan fingerprint density at radius 2 is 0.760 bits per heavy atom. The van der Waals surface area contributed by atoms with Crippen molar-refractivity contribution in [3.63, 3.8) is 0 Å². The van der Waals surface area contributed by atoms with Crippen LogP contribution in [0.5, 0.6) is 0 Å². The molecule has 2 aliphatic rings. The molecule has 2 heterocycles. The van der Waals surface area contributed by atoms with Crippen LogP contribution in [-0.4, -0.2) is 84.9 Å². The number of rotatable bonds is 33. The van der Waals surface area contributed by atoms with Gasteiger partial charge in [0.05, 0.1) is 24.3 Å². The molecule has 0 saturated carbocycles. The highest BCUT2D eigenvalue weighted by Gasteiger charge is 2.44. The first kappa shape index (κ1) is 67.6. The van der Waals surface area contributed by atoms with Gasteiger partial charge in [0.2, 0.25) is 18.1 Å². The van der Waals surface area contributed by atoms with Crippen molar-refractivity contribution in [2.75, 3.05) is 13.2 Å². The highest BCUT2D eigenvalue weighted by Crippen LogP contribution is 2.32. The molecule has 0 spiro atoms. The summed E-state index contributed by atoms with van der Waals surface area (Å²) in [5.41, 5.74) is 0. The summed E-state index contributed by atoms with van der Waals surface area (Å²) in [6.07, 6.45) is 54.1. The fourth-order valence-electron chi connectivity index (χ4n) is 8.07. The predicted molar refractivity (Wildman–Crippen MR) is 302 cm³/mol. The van der Waals surface area contributed by atoms with E-state index in [1.54, 1.807) is 0 Å². The van der Waals surface area contributed by atoms with Crippen LogP contribution in [0.2, 0.25) is 0 Å². The number of esters is 3. The molecule has 2 aliphatic heterocycles. The second-order valence-electron chi connectivity index (χ2n) is 19.1. The lowest BCUT2D eigenvalue weighted by molar-refractivity contribution is -0.238. The second kappa shape index (κ2) is 43.8. The van der Waals surface area contributed by atoms with Crippen molar-refractivity contribution in [3.8, 4) is 0 Å². The van der Waals surface area contributed by atoms with E-state index in [-0.39, 0.29) is 60.8 Å². The van der Waals surface area contributed by atoms with Gasteiger partial charge in [0.1, 0.15) is 13.2 Å². The number of allylic oxidation sites excluding steroid dienone is 20. The van der Waals surface area contributed by atoms with Crippen molar-refractivity contribution in [2.45, 2.75) is 202 Å². The van der Waals surface area contributed by atoms with Gasteiger partial charge in [0, 0.05) is 33.6 Å². The van der Waals surface area contributed by atoms with E-state index in [9.17, 15) is 29.1 Å². The van der Waals surface area contributed by atoms with E-state index >= 15 is 0 Å². The van der Waals surface area contributed by atoms with Gasteiger partial charge in [-0.1, -0.05) is 163 Å². The first-order valence-corrected chi connectivity index (χ1v) is 27.6. The Morgan fingerprint density at radius 3 is 1.11 bits per heavy atom. The van der Waals surface area contributed by atoms with Crippen LogP contribution in [0.3, 0.4) is 0 Å². The minimum absolute atomic E-state index is 0.00998. The Bertz CT molecular complexity index is 1910. The van der Waals surface area contributed by atoms with Crippen LogP contribution in [0.4, 0.5) is 0 Å². The summed E-state index contributed by atoms with van der Waals surface area (Å²) in [6.45, 7) is 16.3. The van der Waals surface area contributed by atoms with Gasteiger partial charge in [0.25, 0.3) is 0 Å². The summed E-state index contributed by atoms with van der Waals surface area (Å²) in [6, 6.07) is -0.951. The minimum atomic E-state index is -1.12. The van der Waals surface area contributed by atoms with Gasteiger partial charge in [-0.05, 0) is 114 Å². The molecule has 13 heteroatoms. The van der Waals surface area contributed by atoms with Gasteiger partial charge in [-0.15, -0.1) is 0 Å². The highest BCUT2D eigenvalue weighted by molar-refractivity contribution is 5.77. The van der Waals surface area contributed by atoms with E-state index in [1.165, 1.54) is 20.8 Å². The number of amides is 2. The van der Waals surface area contributed by atoms with Crippen LogP contribution in [0.1, 0.15) is 165 Å². The maximum absolute atomic E-state index is 12.6. The molecule has 2 saturated heterocycles. The topological polar surface area (TPSA) is 176 Å². The molecule has 0 aliphatic carbocycles. The van der Waals surface area contributed by atoms with Crippen molar-refractivity contribution < 1.29 is 52.8 Å². The van der Waals surface area contributed by atoms with Crippen molar-refractivity contribution in [3.05, 3.63) is 122 Å². The minimum Gasteiger partial charge on any atom is -0.463 e. The number of hydrogen-bond acceptors (Lipinski definition) is 11. The Labute approximate surface area is 451 Å². The Balaban J connectivity index is 0.000000752. The molecule has 75 heavy (non-hydrogen) atoms. The Kier molecular flexibility index (Phi) is 39.5. The van der Waals surface area contributed by atoms with Gasteiger partial charge in [-0.2, -0.15) is 0 Å². The third-order valence-corrected chi connectivity index (χ3v) is 12.9. The lowest BCUT2D eigenvalue weighted by atomic mass is 9.82. The number of nitrogens with one attached hydrogen (secondary N) is 2. The Morgan fingerprint density at radius 1 is 0.440 bits per heavy atom. The number of aliphatic hydroxyl groups is 1. The molecular weight excluding hydrogens is 949 g/mol. The van der Waals surface area contributed by atoms with Gasteiger partial charge in [0.15, 0.2) is 6.29 Å². The SMILES string of the molecule is CC/C=C\C/C=C\C/C=C\C/C=C\C/C=C\CCCC(=O)NC1[C@H](O)OC(COC(C)=O)[C@@H](C)[C@@H]1C.CC/C=C\C/C=C\C/C=C\C/C=C\C/C=C\CCCC(=O)NC1[C@H](OC(C)=O)OC(COC(C)=O)[C@@H](C)[C@@H]1C. The normalized spacial score (nSPS) is 24.5. The molecule has 2 amide bonds. The summed E-state index contributed by atoms with van der Waals surface area (Å²) in [7, 11) is 0. The highest BCUT2D eigenvalue weighted by atomic mass is 16.7. The monoisotopic (exact) mass is 1040 g/mol. The van der Waals surface area contributed by atoms with Crippen molar-refractivity contribution >= 4 is 29.7 Å². The molecule has 0 radical (unpaired) electrons. The second-order valence-corrected chi connectivity index (χ2v) is 19.1. The van der Waals surface area contributed by atoms with E-state index in [0.29, 0.717) is 12.8 Å². The summed E-state index contributed by atoms with van der Waals surface area (Å²) >= 11 is 0. The number of ether oxygens (including phenoxy) is 5. The molecule has 0 bridgehead atoms. The summed E-state index contributed by atoms with van der Waals surface area (Å²) in [5.74, 6) is -1.50. The van der Waals surface area contributed by atoms with E-state index in [4.69, 9.17) is 23.7 Å². The zero-order valence-corrected chi connectivity index (χ0v) is 47.1. The molecule has 10 atom stereocenters. The van der Waals surface area contributed by atoms with Gasteiger partial charge >= 0.3 is 17.9 Å². The fourth-order valence-corrected chi connectivity index (χ4v) is 8.07. The van der Waals surface area contributed by atoms with E-state index in [2.05, 4.69) is 146 Å². The van der Waals surface area contributed by atoms with Crippen LogP contribution in [0.25, 0.3) is 0 Å². The van der Waals surface area contributed by atoms with Crippen LogP contribution in [0, 0.1) is 23.7 Å². The standard InChI is InChI=1S/C32H49NO6.C30H47NO5/c1-6-7-8-9-10-11-12-13-14-15-16-17-18-19-20-21-22-23-30(36)33-31-26(3)25(2)29(24-37-27(4)34)39-32(31)38-28(5)35;1-5-6-7-8-9-10-11-12-13-14-15-16-17-18-19-20-21-22-28(33)31-29-25(3)24(2)27(36-30(29)34)23-35-26(4)32/h7-8,10-11,13-14,16-17,19-20,25-26,29,31-32H,6,9,12,15,18,21-24H2,1-5H3,(H,33,36);6-7,9-10,12-13,15-16,18-19,24-25,27,29-30,34H,5,8,11,14,17,20-23H2,1-4H3,(H,31,33)/b8-7-,11-10-,14-13-,17-16-,20-19-;7-6-,10-9-,13-12-,16-15-,19-18-/t25-,26-,29?,31?,32+;24-,25-,27?,29?,30+/m00/s1. The molecule has 3 N–H and O–H groups in total. The number of aliphatic hydroxyl groups excluding tert-OH is 1. The summed E-state index contributed by atoms with van der Waals surface area (Å²) < 4.78 is 27.0. The van der Waals surface area contributed by atoms with Crippen LogP contribution >= 0.6 is 0 Å². The summed E-state index contributed by atoms with van der Waals surface area (Å²) in [5, 5.41) is 16.3. The van der Waals surface area contributed by atoms with Crippen molar-refractivity contribution in [1.82, 2.24) is 10.6 Å². The quantitative estimate of drug-likeness (QED) is 0.0247. The lowest BCUT2D eigenvalue weighted by Gasteiger charge is -2.44. The molecular formula is C62H96N2O11. The fraction of sp³-hybridized carbons (Fsp3) is 0.597. The molecule has 2 rings (SSSR count). The molecule has 2 fully saturated rings. The number of carbonyl (C=O) groups is 5. The maximum Gasteiger partial charge on any atom is 0.305 e. The molecule has 420 valence electrons. The zero-order chi connectivity index (χ0) is 55.5. The Hall–Kier alpha value is -5.37. The number of carbonyl (C=O) groups excluding carboxylic acids is 5. The third kappa shape index (κ3) is 34.0. The lowest BCUT2D eigenvalue weighted by Crippen LogP contribution is -2.59. The largest absolute Gasteiger partial charge is 0.463 e. The molecule has 0 aromatic carbocycles. The third-order valence-electron chi connectivity index (χ3n) is 12.9. The molecule has 4 unspecified atom stereocenters. The maximum atomic E-state index is 12.6. The first-order valence-electron chi connectivity index (χ1n) is 27.6. The van der Waals surface area contributed by atoms with Gasteiger partial charge in [-0.25, -0.2) is 0 Å². The molecule has 13 nitrogen and oxygen atoms in total. The number of hydrogen-bond donors (Lipinski definition) is 3. The predicted octanol–water partition coefficient (Wildman–Crippen LogP) is 12.5. The van der Waals surface area contributed by atoms with Crippen molar-refractivity contribution in [1.29, 1.82) is 0 Å². The van der Waals surface area contributed by atoms with Gasteiger partial charge < -0.3 is 39.4 Å². The van der Waals surface area contributed by atoms with E-state index < -0.39 is 42.7 Å². The smallest absolute Gasteiger partial charge is 0.305 e. The van der Waals surface area contributed by atoms with Crippen molar-refractivity contribution in [2.24, 2.45) is 23.7 Å². The van der Waals surface area contributed by atoms with Crippen LogP contribution in [0.15, 0.2) is 122 Å². The number of unbranched alkanes of at least 4 members (excludes halogenated alkanes) is 2. The van der Waals surface area contributed by atoms with E-state index in [1.807, 2.05) is 27.7 Å². The first-order chi connectivity index (χ1) is 36.1. The average Bonchev–Trinajstić information content (AvgIpc) is 3.37. The van der Waals surface area contributed by atoms with Gasteiger partial charge in [-0.3, -0.25) is 24.0 Å². The zero-order valence-electron chi connectivity index (χ0n) is 47.1. The molecule has 0 aromatic heterocycles.